The fourth-order valence-corrected chi connectivity index (χ4v) is 3.27. The van der Waals surface area contributed by atoms with E-state index < -0.39 is 5.97 Å². The van der Waals surface area contributed by atoms with Gasteiger partial charge in [0.2, 0.25) is 5.91 Å². The van der Waals surface area contributed by atoms with E-state index >= 15 is 0 Å². The predicted molar refractivity (Wildman–Crippen MR) is 78.4 cm³/mol. The Labute approximate surface area is 119 Å². The van der Waals surface area contributed by atoms with Crippen LogP contribution in [0.4, 0.5) is 0 Å². The number of rotatable bonds is 9. The van der Waals surface area contributed by atoms with E-state index in [2.05, 4.69) is 19.2 Å². The first-order chi connectivity index (χ1) is 8.92. The van der Waals surface area contributed by atoms with Gasteiger partial charge in [-0.15, -0.1) is 11.8 Å². The van der Waals surface area contributed by atoms with Crippen LogP contribution in [0.25, 0.3) is 0 Å². The van der Waals surface area contributed by atoms with Gasteiger partial charge in [-0.25, -0.2) is 0 Å². The number of carboxylic acid groups (broad SMARTS) is 1. The molecule has 2 N–H and O–H groups in total. The Hall–Kier alpha value is -0.710. The van der Waals surface area contributed by atoms with Crippen molar-refractivity contribution in [1.29, 1.82) is 0 Å². The topological polar surface area (TPSA) is 66.4 Å². The SMILES string of the molecule is CCC(CC)NC(=O)C(C)SCC1(CC(=O)O)CC1. The number of carbonyl (C=O) groups excluding carboxylic acids is 1. The molecule has 0 spiro atoms. The summed E-state index contributed by atoms with van der Waals surface area (Å²) in [5.41, 5.74) is -0.0417. The second-order valence-electron chi connectivity index (χ2n) is 5.55. The molecule has 0 radical (unpaired) electrons. The number of hydrogen-bond donors (Lipinski definition) is 2. The Morgan fingerprint density at radius 1 is 1.32 bits per heavy atom. The van der Waals surface area contributed by atoms with Crippen molar-refractivity contribution in [3.05, 3.63) is 0 Å². The summed E-state index contributed by atoms with van der Waals surface area (Å²) in [5.74, 6) is 0.119. The minimum atomic E-state index is -0.729. The molecule has 19 heavy (non-hydrogen) atoms. The van der Waals surface area contributed by atoms with Gasteiger partial charge in [0.1, 0.15) is 0 Å². The third-order valence-electron chi connectivity index (χ3n) is 3.82. The second-order valence-corrected chi connectivity index (χ2v) is 6.87. The van der Waals surface area contributed by atoms with Crippen molar-refractivity contribution in [2.45, 2.75) is 64.2 Å². The average Bonchev–Trinajstić information content (AvgIpc) is 3.11. The quantitative estimate of drug-likeness (QED) is 0.684. The lowest BCUT2D eigenvalue weighted by atomic mass is 10.1. The van der Waals surface area contributed by atoms with Crippen molar-refractivity contribution in [2.24, 2.45) is 5.41 Å². The molecule has 1 aliphatic rings. The number of hydrogen-bond acceptors (Lipinski definition) is 3. The lowest BCUT2D eigenvalue weighted by Crippen LogP contribution is -2.38. The van der Waals surface area contributed by atoms with Crippen LogP contribution in [0.1, 0.15) is 52.9 Å². The van der Waals surface area contributed by atoms with Crippen molar-refractivity contribution in [3.8, 4) is 0 Å². The molecule has 1 amide bonds. The zero-order chi connectivity index (χ0) is 14.5. The monoisotopic (exact) mass is 287 g/mol. The van der Waals surface area contributed by atoms with E-state index in [4.69, 9.17) is 5.11 Å². The van der Waals surface area contributed by atoms with Gasteiger partial charge in [-0.1, -0.05) is 13.8 Å². The van der Waals surface area contributed by atoms with E-state index in [-0.39, 0.29) is 29.0 Å². The van der Waals surface area contributed by atoms with Crippen LogP contribution in [0.3, 0.4) is 0 Å². The van der Waals surface area contributed by atoms with Gasteiger partial charge >= 0.3 is 5.97 Å². The summed E-state index contributed by atoms with van der Waals surface area (Å²) >= 11 is 1.58. The summed E-state index contributed by atoms with van der Waals surface area (Å²) < 4.78 is 0. The fraction of sp³-hybridized carbons (Fsp3) is 0.857. The number of thioether (sulfide) groups is 1. The second kappa shape index (κ2) is 7.17. The van der Waals surface area contributed by atoms with Crippen LogP contribution in [0.2, 0.25) is 0 Å². The summed E-state index contributed by atoms with van der Waals surface area (Å²) in [6.45, 7) is 6.04. The summed E-state index contributed by atoms with van der Waals surface area (Å²) in [4.78, 5) is 22.8. The molecule has 0 aliphatic heterocycles. The molecule has 1 unspecified atom stereocenters. The van der Waals surface area contributed by atoms with Crippen molar-refractivity contribution in [3.63, 3.8) is 0 Å². The highest BCUT2D eigenvalue weighted by atomic mass is 32.2. The molecule has 110 valence electrons. The van der Waals surface area contributed by atoms with Gasteiger partial charge in [0.05, 0.1) is 11.7 Å². The lowest BCUT2D eigenvalue weighted by molar-refractivity contribution is -0.138. The molecule has 1 atom stereocenters. The highest BCUT2D eigenvalue weighted by molar-refractivity contribution is 8.00. The van der Waals surface area contributed by atoms with Gasteiger partial charge in [0.25, 0.3) is 0 Å². The minimum absolute atomic E-state index is 0.0417. The van der Waals surface area contributed by atoms with Gasteiger partial charge in [0.15, 0.2) is 0 Å². The molecule has 0 aromatic rings. The largest absolute Gasteiger partial charge is 0.481 e. The van der Waals surface area contributed by atoms with Crippen molar-refractivity contribution < 1.29 is 14.7 Å². The van der Waals surface area contributed by atoms with Crippen LogP contribution >= 0.6 is 11.8 Å². The van der Waals surface area contributed by atoms with E-state index in [1.54, 1.807) is 11.8 Å². The first kappa shape index (κ1) is 16.3. The van der Waals surface area contributed by atoms with Crippen LogP contribution in [0, 0.1) is 5.41 Å². The third-order valence-corrected chi connectivity index (χ3v) is 5.32. The molecule has 0 bridgehead atoms. The molecule has 1 rings (SSSR count). The van der Waals surface area contributed by atoms with Crippen molar-refractivity contribution in [2.75, 3.05) is 5.75 Å². The third kappa shape index (κ3) is 5.43. The van der Waals surface area contributed by atoms with Gasteiger partial charge in [0, 0.05) is 11.8 Å². The summed E-state index contributed by atoms with van der Waals surface area (Å²) in [7, 11) is 0. The van der Waals surface area contributed by atoms with Crippen LogP contribution in [-0.4, -0.2) is 34.0 Å². The molecule has 0 saturated heterocycles. The predicted octanol–water partition coefficient (Wildman–Crippen LogP) is 2.67. The Balaban J connectivity index is 2.32. The Bertz CT molecular complexity index is 325. The molecule has 0 heterocycles. The molecule has 0 aromatic carbocycles. The molecular weight excluding hydrogens is 262 g/mol. The molecule has 1 saturated carbocycles. The number of aliphatic carboxylic acids is 1. The van der Waals surface area contributed by atoms with Crippen LogP contribution in [0.15, 0.2) is 0 Å². The van der Waals surface area contributed by atoms with Crippen LogP contribution in [-0.2, 0) is 9.59 Å². The molecule has 1 aliphatic carbocycles. The van der Waals surface area contributed by atoms with Crippen molar-refractivity contribution >= 4 is 23.6 Å². The molecular formula is C14H25NO3S. The number of nitrogens with one attached hydrogen (secondary N) is 1. The molecule has 5 heteroatoms. The highest BCUT2D eigenvalue weighted by Gasteiger charge is 2.44. The normalized spacial score (nSPS) is 18.1. The van der Waals surface area contributed by atoms with Crippen molar-refractivity contribution in [1.82, 2.24) is 5.32 Å². The van der Waals surface area contributed by atoms with Gasteiger partial charge in [-0.3, -0.25) is 9.59 Å². The minimum Gasteiger partial charge on any atom is -0.481 e. The number of amides is 1. The maximum atomic E-state index is 12.0. The Kier molecular flexibility index (Phi) is 6.17. The van der Waals surface area contributed by atoms with E-state index in [1.165, 1.54) is 0 Å². The maximum Gasteiger partial charge on any atom is 0.303 e. The first-order valence-corrected chi connectivity index (χ1v) is 8.11. The standard InChI is InChI=1S/C14H25NO3S/c1-4-11(5-2)15-13(18)10(3)19-9-14(6-7-14)8-12(16)17/h10-11H,4-9H2,1-3H3,(H,15,18)(H,16,17). The maximum absolute atomic E-state index is 12.0. The highest BCUT2D eigenvalue weighted by Crippen LogP contribution is 2.51. The van der Waals surface area contributed by atoms with Gasteiger partial charge in [-0.05, 0) is 38.0 Å². The molecule has 1 fully saturated rings. The van der Waals surface area contributed by atoms with Gasteiger partial charge in [-0.2, -0.15) is 0 Å². The smallest absolute Gasteiger partial charge is 0.303 e. The fourth-order valence-electron chi connectivity index (χ4n) is 2.06. The van der Waals surface area contributed by atoms with E-state index in [1.807, 2.05) is 6.92 Å². The number of carboxylic acids is 1. The molecule has 0 aromatic heterocycles. The zero-order valence-corrected chi connectivity index (χ0v) is 12.9. The first-order valence-electron chi connectivity index (χ1n) is 7.06. The summed E-state index contributed by atoms with van der Waals surface area (Å²) in [6.07, 6.45) is 4.09. The van der Waals surface area contributed by atoms with E-state index in [0.29, 0.717) is 0 Å². The molecule has 4 nitrogen and oxygen atoms in total. The average molecular weight is 287 g/mol. The van der Waals surface area contributed by atoms with Crippen LogP contribution < -0.4 is 5.32 Å². The Morgan fingerprint density at radius 2 is 1.89 bits per heavy atom. The zero-order valence-electron chi connectivity index (χ0n) is 12.1. The summed E-state index contributed by atoms with van der Waals surface area (Å²) in [5, 5.41) is 11.8. The van der Waals surface area contributed by atoms with Crippen LogP contribution in [0.5, 0.6) is 0 Å². The Morgan fingerprint density at radius 3 is 2.32 bits per heavy atom. The van der Waals surface area contributed by atoms with E-state index in [0.717, 1.165) is 31.4 Å². The van der Waals surface area contributed by atoms with E-state index in [9.17, 15) is 9.59 Å². The summed E-state index contributed by atoms with van der Waals surface area (Å²) in [6, 6.07) is 0.254. The van der Waals surface area contributed by atoms with Gasteiger partial charge < -0.3 is 10.4 Å². The number of carbonyl (C=O) groups is 2. The lowest BCUT2D eigenvalue weighted by Gasteiger charge is -2.20.